The second-order valence-corrected chi connectivity index (χ2v) is 6.71. The van der Waals surface area contributed by atoms with Gasteiger partial charge in [0.15, 0.2) is 5.78 Å². The van der Waals surface area contributed by atoms with Gasteiger partial charge in [0.2, 0.25) is 5.91 Å². The third-order valence-electron chi connectivity index (χ3n) is 3.89. The van der Waals surface area contributed by atoms with E-state index < -0.39 is 11.9 Å². The van der Waals surface area contributed by atoms with Gasteiger partial charge in [0.25, 0.3) is 5.91 Å². The van der Waals surface area contributed by atoms with E-state index in [1.54, 1.807) is 48.5 Å². The number of amides is 2. The van der Waals surface area contributed by atoms with Gasteiger partial charge in [0, 0.05) is 11.3 Å². The Morgan fingerprint density at radius 2 is 1.69 bits per heavy atom. The van der Waals surface area contributed by atoms with Crippen LogP contribution in [0, 0.1) is 5.92 Å². The average Bonchev–Trinajstić information content (AvgIpc) is 2.59. The summed E-state index contributed by atoms with van der Waals surface area (Å²) >= 11 is 6.05. The molecule has 0 radical (unpaired) electrons. The molecule has 5 nitrogen and oxygen atoms in total. The van der Waals surface area contributed by atoms with Crippen molar-refractivity contribution in [1.29, 1.82) is 0 Å². The van der Waals surface area contributed by atoms with Gasteiger partial charge in [-0.05, 0) is 37.1 Å². The molecule has 0 aromatic heterocycles. The zero-order valence-corrected chi connectivity index (χ0v) is 15.6. The van der Waals surface area contributed by atoms with Crippen molar-refractivity contribution in [2.75, 3.05) is 5.32 Å². The predicted molar refractivity (Wildman–Crippen MR) is 103 cm³/mol. The fraction of sp³-hybridized carbons (Fsp3) is 0.250. The van der Waals surface area contributed by atoms with E-state index in [2.05, 4.69) is 10.6 Å². The summed E-state index contributed by atoms with van der Waals surface area (Å²) < 4.78 is 0. The Hall–Kier alpha value is -2.66. The summed E-state index contributed by atoms with van der Waals surface area (Å²) in [7, 11) is 0. The number of Topliss-reactive ketones (excluding diaryl/α,β-unsaturated/α-hetero) is 1. The molecule has 0 bridgehead atoms. The van der Waals surface area contributed by atoms with Gasteiger partial charge in [0.1, 0.15) is 6.04 Å². The van der Waals surface area contributed by atoms with Gasteiger partial charge >= 0.3 is 0 Å². The van der Waals surface area contributed by atoms with Crippen LogP contribution in [0.25, 0.3) is 0 Å². The minimum atomic E-state index is -0.750. The van der Waals surface area contributed by atoms with Crippen molar-refractivity contribution in [1.82, 2.24) is 5.32 Å². The van der Waals surface area contributed by atoms with Gasteiger partial charge in [-0.25, -0.2) is 0 Å². The van der Waals surface area contributed by atoms with E-state index in [9.17, 15) is 14.4 Å². The summed E-state index contributed by atoms with van der Waals surface area (Å²) in [5.41, 5.74) is 1.32. The van der Waals surface area contributed by atoms with Crippen molar-refractivity contribution >= 4 is 34.9 Å². The lowest BCUT2D eigenvalue weighted by molar-refractivity contribution is -0.118. The Morgan fingerprint density at radius 3 is 2.31 bits per heavy atom. The van der Waals surface area contributed by atoms with Crippen LogP contribution in [0.2, 0.25) is 5.02 Å². The van der Waals surface area contributed by atoms with Crippen LogP contribution in [-0.4, -0.2) is 23.6 Å². The highest BCUT2D eigenvalue weighted by molar-refractivity contribution is 6.33. The van der Waals surface area contributed by atoms with Gasteiger partial charge in [-0.15, -0.1) is 0 Å². The number of nitrogens with one attached hydrogen (secondary N) is 2. The lowest BCUT2D eigenvalue weighted by atomic mass is 10.0. The largest absolute Gasteiger partial charge is 0.340 e. The molecule has 2 aromatic carbocycles. The normalized spacial score (nSPS) is 11.7. The third-order valence-corrected chi connectivity index (χ3v) is 4.22. The summed E-state index contributed by atoms with van der Waals surface area (Å²) in [6.07, 6.45) is 0. The van der Waals surface area contributed by atoms with E-state index in [-0.39, 0.29) is 17.6 Å². The first-order valence-corrected chi connectivity index (χ1v) is 8.64. The lowest BCUT2D eigenvalue weighted by Crippen LogP contribution is -2.47. The lowest BCUT2D eigenvalue weighted by Gasteiger charge is -2.22. The molecule has 136 valence electrons. The zero-order chi connectivity index (χ0) is 19.3. The van der Waals surface area contributed by atoms with Crippen molar-refractivity contribution in [3.63, 3.8) is 0 Å². The maximum absolute atomic E-state index is 12.6. The fourth-order valence-electron chi connectivity index (χ4n) is 2.44. The van der Waals surface area contributed by atoms with Gasteiger partial charge in [-0.2, -0.15) is 0 Å². The molecule has 0 saturated heterocycles. The quantitative estimate of drug-likeness (QED) is 0.754. The molecule has 0 aliphatic rings. The Balaban J connectivity index is 2.15. The molecule has 26 heavy (non-hydrogen) atoms. The molecule has 2 aromatic rings. The molecular weight excluding hydrogens is 352 g/mol. The van der Waals surface area contributed by atoms with Crippen LogP contribution in [0.3, 0.4) is 0 Å². The van der Waals surface area contributed by atoms with E-state index >= 15 is 0 Å². The third kappa shape index (κ3) is 4.92. The van der Waals surface area contributed by atoms with Crippen molar-refractivity contribution in [3.8, 4) is 0 Å². The number of ketones is 1. The molecule has 0 saturated carbocycles. The molecule has 0 fully saturated rings. The number of hydrogen-bond acceptors (Lipinski definition) is 3. The van der Waals surface area contributed by atoms with Gasteiger partial charge in [0.05, 0.1) is 10.6 Å². The van der Waals surface area contributed by atoms with E-state index in [1.165, 1.54) is 6.92 Å². The maximum atomic E-state index is 12.6. The first-order chi connectivity index (χ1) is 12.3. The van der Waals surface area contributed by atoms with Crippen molar-refractivity contribution < 1.29 is 14.4 Å². The van der Waals surface area contributed by atoms with Crippen LogP contribution in [0.15, 0.2) is 48.5 Å². The van der Waals surface area contributed by atoms with Crippen molar-refractivity contribution in [2.45, 2.75) is 26.8 Å². The Kier molecular flexibility index (Phi) is 6.52. The number of rotatable bonds is 6. The topological polar surface area (TPSA) is 75.3 Å². The van der Waals surface area contributed by atoms with E-state index in [1.807, 2.05) is 13.8 Å². The van der Waals surface area contributed by atoms with Crippen LogP contribution >= 0.6 is 11.6 Å². The van der Waals surface area contributed by atoms with Crippen LogP contribution in [0.4, 0.5) is 5.69 Å². The Morgan fingerprint density at radius 1 is 1.00 bits per heavy atom. The minimum absolute atomic E-state index is 0.0893. The number of benzene rings is 2. The Bertz CT molecular complexity index is 833. The van der Waals surface area contributed by atoms with Crippen LogP contribution in [0.5, 0.6) is 0 Å². The second-order valence-electron chi connectivity index (χ2n) is 6.30. The molecule has 6 heteroatoms. The first kappa shape index (κ1) is 19.7. The fourth-order valence-corrected chi connectivity index (χ4v) is 2.66. The predicted octanol–water partition coefficient (Wildman–Crippen LogP) is 3.94. The highest BCUT2D eigenvalue weighted by Crippen LogP contribution is 2.17. The summed E-state index contributed by atoms with van der Waals surface area (Å²) in [6.45, 7) is 5.13. The number of halogens is 1. The second kappa shape index (κ2) is 8.63. The molecule has 2 N–H and O–H groups in total. The monoisotopic (exact) mass is 372 g/mol. The smallest absolute Gasteiger partial charge is 0.253 e. The van der Waals surface area contributed by atoms with E-state index in [0.717, 1.165) is 0 Å². The zero-order valence-electron chi connectivity index (χ0n) is 14.9. The first-order valence-electron chi connectivity index (χ1n) is 8.27. The molecule has 0 aliphatic carbocycles. The van der Waals surface area contributed by atoms with Crippen molar-refractivity contribution in [3.05, 3.63) is 64.7 Å². The molecule has 0 unspecified atom stereocenters. The van der Waals surface area contributed by atoms with E-state index in [4.69, 9.17) is 11.6 Å². The van der Waals surface area contributed by atoms with Crippen LogP contribution in [-0.2, 0) is 4.79 Å². The number of anilines is 1. The molecule has 2 amide bonds. The highest BCUT2D eigenvalue weighted by atomic mass is 35.5. The summed E-state index contributed by atoms with van der Waals surface area (Å²) in [4.78, 5) is 36.6. The summed E-state index contributed by atoms with van der Waals surface area (Å²) in [6, 6.07) is 12.6. The summed E-state index contributed by atoms with van der Waals surface area (Å²) in [5.74, 6) is -1.01. The van der Waals surface area contributed by atoms with Crippen molar-refractivity contribution in [2.24, 2.45) is 5.92 Å². The number of carbonyl (C=O) groups excluding carboxylic acids is 3. The van der Waals surface area contributed by atoms with E-state index in [0.29, 0.717) is 21.8 Å². The highest BCUT2D eigenvalue weighted by Gasteiger charge is 2.25. The Labute approximate surface area is 157 Å². The van der Waals surface area contributed by atoms with Crippen LogP contribution < -0.4 is 10.6 Å². The standard InChI is InChI=1S/C20H21ClN2O3/c1-12(2)18(23-19(25)16-9-4-5-10-17(16)21)20(26)22-15-8-6-7-14(11-15)13(3)24/h4-12,18H,1-3H3,(H,22,26)(H,23,25)/t18-/m0/s1. The number of carbonyl (C=O) groups is 3. The maximum Gasteiger partial charge on any atom is 0.253 e. The van der Waals surface area contributed by atoms with Gasteiger partial charge < -0.3 is 10.6 Å². The molecule has 1 atom stereocenters. The molecular formula is C20H21ClN2O3. The van der Waals surface area contributed by atoms with Gasteiger partial charge in [-0.1, -0.05) is 49.7 Å². The molecule has 2 rings (SSSR count). The van der Waals surface area contributed by atoms with Crippen LogP contribution in [0.1, 0.15) is 41.5 Å². The SMILES string of the molecule is CC(=O)c1cccc(NC(=O)[C@@H](NC(=O)c2ccccc2Cl)C(C)C)c1. The summed E-state index contributed by atoms with van der Waals surface area (Å²) in [5, 5.41) is 5.80. The molecule has 0 aliphatic heterocycles. The minimum Gasteiger partial charge on any atom is -0.340 e. The average molecular weight is 373 g/mol. The molecule has 0 spiro atoms. The number of hydrogen-bond donors (Lipinski definition) is 2. The van der Waals surface area contributed by atoms with Gasteiger partial charge in [-0.3, -0.25) is 14.4 Å². The molecule has 0 heterocycles.